The minimum Gasteiger partial charge on any atom is -0.478 e. The molecular weight excluding hydrogens is 172 g/mol. The van der Waals surface area contributed by atoms with Crippen LogP contribution in [0.1, 0.15) is 12.8 Å². The van der Waals surface area contributed by atoms with Gasteiger partial charge in [-0.15, -0.1) is 0 Å². The van der Waals surface area contributed by atoms with Crippen LogP contribution < -0.4 is 0 Å². The molecule has 0 bridgehead atoms. The average Bonchev–Trinajstić information content (AvgIpc) is 2.15. The number of carboxylic acids is 1. The van der Waals surface area contributed by atoms with Gasteiger partial charge < -0.3 is 14.9 Å². The second-order valence-electron chi connectivity index (χ2n) is 3.10. The van der Waals surface area contributed by atoms with E-state index in [0.29, 0.717) is 18.8 Å². The van der Waals surface area contributed by atoms with E-state index in [1.807, 2.05) is 0 Å². The number of carboxylic acid groups (broad SMARTS) is 1. The largest absolute Gasteiger partial charge is 0.478 e. The summed E-state index contributed by atoms with van der Waals surface area (Å²) in [5.74, 6) is -0.814. The first kappa shape index (κ1) is 10.2. The van der Waals surface area contributed by atoms with Crippen LogP contribution in [0.5, 0.6) is 0 Å². The molecule has 4 heteroatoms. The van der Waals surface area contributed by atoms with E-state index in [1.54, 1.807) is 0 Å². The van der Waals surface area contributed by atoms with Crippen LogP contribution in [0.25, 0.3) is 0 Å². The topological polar surface area (TPSA) is 66.8 Å². The van der Waals surface area contributed by atoms with Crippen molar-refractivity contribution in [2.45, 2.75) is 12.8 Å². The normalized spacial score (nSPS) is 20.2. The Morgan fingerprint density at radius 2 is 2.08 bits per heavy atom. The van der Waals surface area contributed by atoms with Gasteiger partial charge >= 0.3 is 5.97 Å². The van der Waals surface area contributed by atoms with Gasteiger partial charge in [-0.25, -0.2) is 4.79 Å². The van der Waals surface area contributed by atoms with Gasteiger partial charge in [-0.2, -0.15) is 0 Å². The van der Waals surface area contributed by atoms with Crippen molar-refractivity contribution in [2.24, 2.45) is 5.92 Å². The number of hydrogen-bond donors (Lipinski definition) is 2. The fraction of sp³-hybridized carbons (Fsp3) is 0.667. The Bertz CT molecular complexity index is 204. The second-order valence-corrected chi connectivity index (χ2v) is 3.10. The monoisotopic (exact) mass is 186 g/mol. The molecule has 1 rings (SSSR count). The Kier molecular flexibility index (Phi) is 3.92. The predicted octanol–water partition coefficient (Wildman–Crippen LogP) is 0.416. The van der Waals surface area contributed by atoms with Gasteiger partial charge in [0.2, 0.25) is 0 Å². The van der Waals surface area contributed by atoms with Crippen molar-refractivity contribution in [3.05, 3.63) is 11.6 Å². The van der Waals surface area contributed by atoms with E-state index < -0.39 is 5.97 Å². The van der Waals surface area contributed by atoms with Crippen LogP contribution in [-0.4, -0.2) is 36.0 Å². The molecule has 1 saturated heterocycles. The summed E-state index contributed by atoms with van der Waals surface area (Å²) in [6.07, 6.45) is 2.72. The van der Waals surface area contributed by atoms with Crippen LogP contribution in [0.3, 0.4) is 0 Å². The van der Waals surface area contributed by atoms with Gasteiger partial charge in [-0.05, 0) is 24.3 Å². The molecule has 13 heavy (non-hydrogen) atoms. The zero-order valence-electron chi connectivity index (χ0n) is 7.40. The molecule has 0 atom stereocenters. The van der Waals surface area contributed by atoms with Crippen molar-refractivity contribution in [3.63, 3.8) is 0 Å². The van der Waals surface area contributed by atoms with E-state index in [4.69, 9.17) is 14.9 Å². The summed E-state index contributed by atoms with van der Waals surface area (Å²) in [5, 5.41) is 17.5. The van der Waals surface area contributed by atoms with Crippen molar-refractivity contribution in [3.8, 4) is 0 Å². The highest BCUT2D eigenvalue weighted by atomic mass is 16.5. The fourth-order valence-corrected chi connectivity index (χ4v) is 1.52. The predicted molar refractivity (Wildman–Crippen MR) is 46.3 cm³/mol. The van der Waals surface area contributed by atoms with Gasteiger partial charge in [0, 0.05) is 19.3 Å². The van der Waals surface area contributed by atoms with Crippen LogP contribution in [-0.2, 0) is 9.53 Å². The first-order valence-electron chi connectivity index (χ1n) is 4.36. The van der Waals surface area contributed by atoms with E-state index in [9.17, 15) is 4.79 Å². The summed E-state index contributed by atoms with van der Waals surface area (Å²) in [5.41, 5.74) is 0.607. The summed E-state index contributed by atoms with van der Waals surface area (Å²) in [4.78, 5) is 10.4. The number of ether oxygens (including phenoxy) is 1. The summed E-state index contributed by atoms with van der Waals surface area (Å²) >= 11 is 0. The Morgan fingerprint density at radius 1 is 1.46 bits per heavy atom. The third kappa shape index (κ3) is 3.16. The highest BCUT2D eigenvalue weighted by Gasteiger charge is 2.18. The lowest BCUT2D eigenvalue weighted by atomic mass is 9.91. The molecule has 0 saturated carbocycles. The molecule has 1 aliphatic rings. The highest BCUT2D eigenvalue weighted by Crippen LogP contribution is 2.22. The molecule has 1 aliphatic heterocycles. The summed E-state index contributed by atoms with van der Waals surface area (Å²) in [7, 11) is 0. The molecule has 74 valence electrons. The molecule has 0 aliphatic carbocycles. The number of aliphatic hydroxyl groups excluding tert-OH is 1. The lowest BCUT2D eigenvalue weighted by Gasteiger charge is -2.23. The Hall–Kier alpha value is -0.870. The molecule has 0 aromatic carbocycles. The number of aliphatic hydroxyl groups is 1. The van der Waals surface area contributed by atoms with Crippen molar-refractivity contribution >= 4 is 5.97 Å². The smallest absolute Gasteiger partial charge is 0.328 e. The zero-order chi connectivity index (χ0) is 9.68. The Morgan fingerprint density at radius 3 is 2.54 bits per heavy atom. The number of rotatable bonds is 3. The molecule has 0 radical (unpaired) electrons. The van der Waals surface area contributed by atoms with Crippen molar-refractivity contribution in [1.29, 1.82) is 0 Å². The lowest BCUT2D eigenvalue weighted by molar-refractivity contribution is -0.131. The standard InChI is InChI=1S/C9H14O4/c10-6-8(5-9(11)12)7-1-3-13-4-2-7/h5,7,10H,1-4,6H2,(H,11,12)/b8-5+. The summed E-state index contributed by atoms with van der Waals surface area (Å²) in [6, 6.07) is 0. The van der Waals surface area contributed by atoms with E-state index in [0.717, 1.165) is 18.9 Å². The zero-order valence-corrected chi connectivity index (χ0v) is 7.40. The van der Waals surface area contributed by atoms with E-state index in [1.165, 1.54) is 0 Å². The lowest BCUT2D eigenvalue weighted by Crippen LogP contribution is -2.19. The molecular formula is C9H14O4. The maximum atomic E-state index is 10.4. The maximum absolute atomic E-state index is 10.4. The first-order chi connectivity index (χ1) is 6.24. The van der Waals surface area contributed by atoms with Crippen LogP contribution in [0.15, 0.2) is 11.6 Å². The number of aliphatic carboxylic acids is 1. The number of hydrogen-bond acceptors (Lipinski definition) is 3. The molecule has 0 unspecified atom stereocenters. The van der Waals surface area contributed by atoms with Gasteiger partial charge in [0.25, 0.3) is 0 Å². The molecule has 4 nitrogen and oxygen atoms in total. The van der Waals surface area contributed by atoms with Gasteiger partial charge in [0.15, 0.2) is 0 Å². The molecule has 1 fully saturated rings. The van der Waals surface area contributed by atoms with Crippen LogP contribution in [0.4, 0.5) is 0 Å². The first-order valence-corrected chi connectivity index (χ1v) is 4.36. The minimum absolute atomic E-state index is 0.170. The summed E-state index contributed by atoms with van der Waals surface area (Å²) < 4.78 is 5.14. The van der Waals surface area contributed by atoms with E-state index in [2.05, 4.69) is 0 Å². The molecule has 2 N–H and O–H groups in total. The Balaban J connectivity index is 2.58. The maximum Gasteiger partial charge on any atom is 0.328 e. The van der Waals surface area contributed by atoms with Crippen LogP contribution in [0.2, 0.25) is 0 Å². The van der Waals surface area contributed by atoms with Crippen molar-refractivity contribution in [1.82, 2.24) is 0 Å². The van der Waals surface area contributed by atoms with Crippen LogP contribution in [0, 0.1) is 5.92 Å². The molecule has 1 heterocycles. The third-order valence-electron chi connectivity index (χ3n) is 2.24. The Labute approximate surface area is 76.8 Å². The van der Waals surface area contributed by atoms with E-state index in [-0.39, 0.29) is 12.5 Å². The fourth-order valence-electron chi connectivity index (χ4n) is 1.52. The average molecular weight is 186 g/mol. The van der Waals surface area contributed by atoms with Gasteiger partial charge in [-0.1, -0.05) is 0 Å². The van der Waals surface area contributed by atoms with Gasteiger partial charge in [0.1, 0.15) is 0 Å². The molecule has 0 spiro atoms. The van der Waals surface area contributed by atoms with Crippen molar-refractivity contribution < 1.29 is 19.7 Å². The van der Waals surface area contributed by atoms with E-state index >= 15 is 0 Å². The highest BCUT2D eigenvalue weighted by molar-refractivity contribution is 5.80. The molecule has 0 aromatic rings. The summed E-state index contributed by atoms with van der Waals surface area (Å²) in [6.45, 7) is 1.14. The molecule has 0 amide bonds. The van der Waals surface area contributed by atoms with Gasteiger partial charge in [0.05, 0.1) is 6.61 Å². The third-order valence-corrected chi connectivity index (χ3v) is 2.24. The van der Waals surface area contributed by atoms with Crippen molar-refractivity contribution in [2.75, 3.05) is 19.8 Å². The number of carbonyl (C=O) groups is 1. The SMILES string of the molecule is O=C(O)/C=C(\CO)C1CCOCC1. The second kappa shape index (κ2) is 4.99. The van der Waals surface area contributed by atoms with Gasteiger partial charge in [-0.3, -0.25) is 0 Å². The minimum atomic E-state index is -0.990. The van der Waals surface area contributed by atoms with Crippen LogP contribution >= 0.6 is 0 Å². The molecule has 0 aromatic heterocycles. The quantitative estimate of drug-likeness (QED) is 0.627.